The van der Waals surface area contributed by atoms with Crippen LogP contribution in [-0.4, -0.2) is 47.1 Å². The van der Waals surface area contributed by atoms with Crippen molar-refractivity contribution in [1.82, 2.24) is 8.87 Å². The molecule has 2 aromatic carbocycles. The van der Waals surface area contributed by atoms with E-state index >= 15 is 0 Å². The Morgan fingerprint density at radius 3 is 2.07 bits per heavy atom. The van der Waals surface area contributed by atoms with Gasteiger partial charge in [-0.05, 0) is 36.4 Å². The summed E-state index contributed by atoms with van der Waals surface area (Å²) < 4.78 is 67.3. The van der Waals surface area contributed by atoms with Gasteiger partial charge in [0.25, 0.3) is 0 Å². The van der Waals surface area contributed by atoms with Gasteiger partial charge in [-0.2, -0.15) is 4.31 Å². The second-order valence-corrected chi connectivity index (χ2v) is 8.74. The molecule has 2 atom stereocenters. The third kappa shape index (κ3) is 3.19. The smallest absolute Gasteiger partial charge is 0.216 e. The van der Waals surface area contributed by atoms with Crippen molar-refractivity contribution in [2.75, 3.05) is 12.3 Å². The first-order valence-electron chi connectivity index (χ1n) is 8.45. The highest BCUT2D eigenvalue weighted by molar-refractivity contribution is 7.89. The van der Waals surface area contributed by atoms with E-state index < -0.39 is 34.1 Å². The predicted octanol–water partition coefficient (Wildman–Crippen LogP) is 2.76. The molecule has 0 radical (unpaired) electrons. The number of β-amino-alcohol motifs (C(OH)–C–C–N with tert-alkyl or cyclic N) is 1. The quantitative estimate of drug-likeness (QED) is 0.688. The van der Waals surface area contributed by atoms with Crippen LogP contribution >= 0.6 is 0 Å². The summed E-state index contributed by atoms with van der Waals surface area (Å²) in [6, 6.07) is 8.09. The number of aliphatic hydroxyl groups is 1. The van der Waals surface area contributed by atoms with Gasteiger partial charge in [-0.1, -0.05) is 0 Å². The topological polar surface area (TPSA) is 62.5 Å². The third-order valence-corrected chi connectivity index (χ3v) is 6.70. The molecule has 1 fully saturated rings. The minimum Gasteiger partial charge on any atom is -0.390 e. The Labute approximate surface area is 153 Å². The SMILES string of the molecule is O=S1(=O)CCC(F)N1CC(O)Cn1c2ccc(F)cc2c2cc(F)ccc21. The normalized spacial score (nSPS) is 21.3. The Balaban J connectivity index is 1.72. The lowest BCUT2D eigenvalue weighted by atomic mass is 10.1. The highest BCUT2D eigenvalue weighted by Gasteiger charge is 2.38. The van der Waals surface area contributed by atoms with Gasteiger partial charge in [0, 0.05) is 34.8 Å². The molecule has 2 unspecified atom stereocenters. The van der Waals surface area contributed by atoms with Crippen molar-refractivity contribution in [2.45, 2.75) is 25.4 Å². The van der Waals surface area contributed by atoms with Gasteiger partial charge in [-0.15, -0.1) is 0 Å². The van der Waals surface area contributed by atoms with E-state index in [1.54, 1.807) is 4.57 Å². The van der Waals surface area contributed by atoms with Crippen LogP contribution in [-0.2, 0) is 16.6 Å². The molecule has 0 bridgehead atoms. The highest BCUT2D eigenvalue weighted by Crippen LogP contribution is 2.31. The van der Waals surface area contributed by atoms with Crippen LogP contribution in [0.5, 0.6) is 0 Å². The van der Waals surface area contributed by atoms with Gasteiger partial charge in [0.2, 0.25) is 10.0 Å². The lowest BCUT2D eigenvalue weighted by molar-refractivity contribution is 0.0892. The number of aliphatic hydroxyl groups excluding tert-OH is 1. The Morgan fingerprint density at radius 2 is 1.59 bits per heavy atom. The first kappa shape index (κ1) is 18.3. The Hall–Kier alpha value is -2.10. The summed E-state index contributed by atoms with van der Waals surface area (Å²) in [5.74, 6) is -1.24. The van der Waals surface area contributed by atoms with E-state index in [0.29, 0.717) is 26.1 Å². The van der Waals surface area contributed by atoms with E-state index in [2.05, 4.69) is 0 Å². The Bertz CT molecular complexity index is 1070. The van der Waals surface area contributed by atoms with Gasteiger partial charge in [-0.3, -0.25) is 0 Å². The number of aromatic nitrogens is 1. The van der Waals surface area contributed by atoms with Crippen molar-refractivity contribution in [3.63, 3.8) is 0 Å². The zero-order valence-corrected chi connectivity index (χ0v) is 15.0. The van der Waals surface area contributed by atoms with Gasteiger partial charge in [0.1, 0.15) is 11.6 Å². The molecule has 0 saturated carbocycles. The number of hydrogen-bond donors (Lipinski definition) is 1. The fourth-order valence-electron chi connectivity index (χ4n) is 3.63. The maximum absolute atomic E-state index is 13.9. The molecule has 3 aromatic rings. The average molecular weight is 398 g/mol. The summed E-state index contributed by atoms with van der Waals surface area (Å²) in [6.45, 7) is -0.428. The van der Waals surface area contributed by atoms with Crippen molar-refractivity contribution in [2.24, 2.45) is 0 Å². The van der Waals surface area contributed by atoms with E-state index in [4.69, 9.17) is 0 Å². The molecule has 0 amide bonds. The fraction of sp³-hybridized carbons (Fsp3) is 0.333. The second-order valence-electron chi connectivity index (χ2n) is 6.70. The molecule has 4 rings (SSSR count). The van der Waals surface area contributed by atoms with E-state index in [9.17, 15) is 26.7 Å². The monoisotopic (exact) mass is 398 g/mol. The highest BCUT2D eigenvalue weighted by atomic mass is 32.2. The fourth-order valence-corrected chi connectivity index (χ4v) is 5.21. The summed E-state index contributed by atoms with van der Waals surface area (Å²) in [4.78, 5) is 0. The molecule has 0 spiro atoms. The van der Waals surface area contributed by atoms with Gasteiger partial charge < -0.3 is 9.67 Å². The van der Waals surface area contributed by atoms with Crippen LogP contribution in [0.15, 0.2) is 36.4 Å². The van der Waals surface area contributed by atoms with Crippen LogP contribution in [0.4, 0.5) is 13.2 Å². The van der Waals surface area contributed by atoms with E-state index in [0.717, 1.165) is 0 Å². The lowest BCUT2D eigenvalue weighted by Crippen LogP contribution is -2.39. The largest absolute Gasteiger partial charge is 0.390 e. The summed E-state index contributed by atoms with van der Waals surface area (Å²) >= 11 is 0. The maximum atomic E-state index is 13.9. The number of benzene rings is 2. The number of alkyl halides is 1. The maximum Gasteiger partial charge on any atom is 0.216 e. The Kier molecular flexibility index (Phi) is 4.40. The molecule has 1 aliphatic rings. The second kappa shape index (κ2) is 6.50. The molecule has 27 heavy (non-hydrogen) atoms. The first-order chi connectivity index (χ1) is 12.8. The van der Waals surface area contributed by atoms with Crippen LogP contribution in [0.2, 0.25) is 0 Å². The number of sulfonamides is 1. The van der Waals surface area contributed by atoms with Gasteiger partial charge in [0.05, 0.1) is 18.4 Å². The molecule has 0 aliphatic carbocycles. The van der Waals surface area contributed by atoms with Crippen molar-refractivity contribution >= 4 is 31.8 Å². The molecule has 9 heteroatoms. The number of halogens is 3. The first-order valence-corrected chi connectivity index (χ1v) is 10.1. The van der Waals surface area contributed by atoms with Gasteiger partial charge >= 0.3 is 0 Å². The third-order valence-electron chi connectivity index (χ3n) is 4.86. The minimum atomic E-state index is -3.72. The molecule has 1 aliphatic heterocycles. The zero-order chi connectivity index (χ0) is 19.3. The van der Waals surface area contributed by atoms with E-state index in [-0.39, 0.29) is 25.3 Å². The molecular formula is C18H17F3N2O3S. The van der Waals surface area contributed by atoms with E-state index in [1.165, 1.54) is 36.4 Å². The van der Waals surface area contributed by atoms with Crippen molar-refractivity contribution in [3.05, 3.63) is 48.0 Å². The van der Waals surface area contributed by atoms with Crippen molar-refractivity contribution < 1.29 is 26.7 Å². The van der Waals surface area contributed by atoms with E-state index in [1.807, 2.05) is 0 Å². The van der Waals surface area contributed by atoms with Crippen LogP contribution in [0.1, 0.15) is 6.42 Å². The zero-order valence-electron chi connectivity index (χ0n) is 14.1. The average Bonchev–Trinajstić information content (AvgIpc) is 3.03. The summed E-state index contributed by atoms with van der Waals surface area (Å²) in [7, 11) is -3.72. The molecule has 2 heterocycles. The molecule has 1 aromatic heterocycles. The predicted molar refractivity (Wildman–Crippen MR) is 95.4 cm³/mol. The molecule has 1 saturated heterocycles. The van der Waals surface area contributed by atoms with Crippen molar-refractivity contribution in [1.29, 1.82) is 0 Å². The van der Waals surface area contributed by atoms with Crippen molar-refractivity contribution in [3.8, 4) is 0 Å². The summed E-state index contributed by atoms with van der Waals surface area (Å²) in [6.07, 6.45) is -2.96. The van der Waals surface area contributed by atoms with Crippen LogP contribution in [0, 0.1) is 11.6 Å². The standard InChI is InChI=1S/C18H17F3N2O3S/c19-11-1-3-16-14(7-11)15-8-12(20)2-4-17(15)22(16)9-13(24)10-23-18(21)5-6-27(23,25)26/h1-4,7-8,13,18,24H,5-6,9-10H2. The Morgan fingerprint density at radius 1 is 1.04 bits per heavy atom. The number of hydrogen-bond acceptors (Lipinski definition) is 3. The van der Waals surface area contributed by atoms with Gasteiger partial charge in [-0.25, -0.2) is 21.6 Å². The molecule has 1 N–H and O–H groups in total. The van der Waals surface area contributed by atoms with Crippen LogP contribution in [0.25, 0.3) is 21.8 Å². The molecule has 5 nitrogen and oxygen atoms in total. The molecule has 144 valence electrons. The summed E-state index contributed by atoms with van der Waals surface area (Å²) in [5.41, 5.74) is 1.13. The number of fused-ring (bicyclic) bond motifs is 3. The molecular weight excluding hydrogens is 381 g/mol. The lowest BCUT2D eigenvalue weighted by Gasteiger charge is -2.21. The number of rotatable bonds is 4. The number of nitrogens with zero attached hydrogens (tertiary/aromatic N) is 2. The van der Waals surface area contributed by atoms with Gasteiger partial charge in [0.15, 0.2) is 6.30 Å². The van der Waals surface area contributed by atoms with Crippen LogP contribution < -0.4 is 0 Å². The summed E-state index contributed by atoms with van der Waals surface area (Å²) in [5, 5.41) is 11.4. The van der Waals surface area contributed by atoms with Crippen LogP contribution in [0.3, 0.4) is 0 Å². The minimum absolute atomic E-state index is 0.0456.